The van der Waals surface area contributed by atoms with Crippen LogP contribution >= 0.6 is 0 Å². The zero-order chi connectivity index (χ0) is 18.8. The fourth-order valence-corrected chi connectivity index (χ4v) is 3.64. The van der Waals surface area contributed by atoms with Crippen molar-refractivity contribution in [3.05, 3.63) is 42.4 Å². The van der Waals surface area contributed by atoms with E-state index in [0.717, 1.165) is 47.8 Å². The highest BCUT2D eigenvalue weighted by Crippen LogP contribution is 2.20. The van der Waals surface area contributed by atoms with Gasteiger partial charge in [-0.1, -0.05) is 12.1 Å². The van der Waals surface area contributed by atoms with Gasteiger partial charge in [-0.3, -0.25) is 9.69 Å². The maximum Gasteiger partial charge on any atom is 0.246 e. The summed E-state index contributed by atoms with van der Waals surface area (Å²) >= 11 is 0. The number of amides is 1. The Morgan fingerprint density at radius 3 is 2.89 bits per heavy atom. The fourth-order valence-electron chi connectivity index (χ4n) is 3.64. The number of aryl methyl sites for hydroxylation is 1. The number of carbonyl (C=O) groups excluding carboxylic acids is 1. The molecule has 0 bridgehead atoms. The number of likely N-dealkylation sites (tertiary alicyclic amines) is 1. The van der Waals surface area contributed by atoms with Gasteiger partial charge < -0.3 is 9.88 Å². The van der Waals surface area contributed by atoms with E-state index in [1.807, 2.05) is 43.7 Å². The molecule has 0 saturated carbocycles. The third kappa shape index (κ3) is 4.19. The van der Waals surface area contributed by atoms with Gasteiger partial charge in [-0.15, -0.1) is 5.10 Å². The molecule has 0 atom stereocenters. The third-order valence-electron chi connectivity index (χ3n) is 5.32. The van der Waals surface area contributed by atoms with Crippen LogP contribution in [0.3, 0.4) is 0 Å². The maximum absolute atomic E-state index is 12.3. The van der Waals surface area contributed by atoms with Crippen LogP contribution in [-0.2, 0) is 24.9 Å². The van der Waals surface area contributed by atoms with E-state index in [4.69, 9.17) is 0 Å². The quantitative estimate of drug-likeness (QED) is 0.754. The lowest BCUT2D eigenvalue weighted by Gasteiger charge is -2.29. The monoisotopic (exact) mass is 366 g/mol. The highest BCUT2D eigenvalue weighted by atomic mass is 16.2. The largest absolute Gasteiger partial charge is 0.351 e. The first-order valence-electron chi connectivity index (χ1n) is 9.53. The number of nitrogens with zero attached hydrogens (tertiary/aromatic N) is 5. The molecule has 1 N–H and O–H groups in total. The number of fused-ring (bicyclic) bond motifs is 1. The van der Waals surface area contributed by atoms with Gasteiger partial charge in [0.15, 0.2) is 0 Å². The van der Waals surface area contributed by atoms with Crippen molar-refractivity contribution in [2.75, 3.05) is 18.4 Å². The summed E-state index contributed by atoms with van der Waals surface area (Å²) in [4.78, 5) is 14.7. The van der Waals surface area contributed by atoms with E-state index in [1.54, 1.807) is 4.68 Å². The Bertz CT molecular complexity index is 935. The Balaban J connectivity index is 1.33. The Morgan fingerprint density at radius 2 is 2.07 bits per heavy atom. The van der Waals surface area contributed by atoms with Crippen molar-refractivity contribution >= 4 is 22.5 Å². The van der Waals surface area contributed by atoms with Crippen molar-refractivity contribution in [1.82, 2.24) is 24.5 Å². The Morgan fingerprint density at radius 1 is 1.26 bits per heavy atom. The van der Waals surface area contributed by atoms with Gasteiger partial charge in [0, 0.05) is 36.4 Å². The van der Waals surface area contributed by atoms with E-state index < -0.39 is 0 Å². The van der Waals surface area contributed by atoms with Gasteiger partial charge in [-0.25, -0.2) is 4.68 Å². The highest BCUT2D eigenvalue weighted by molar-refractivity contribution is 5.93. The first kappa shape index (κ1) is 17.7. The summed E-state index contributed by atoms with van der Waals surface area (Å²) in [7, 11) is 2.01. The maximum atomic E-state index is 12.3. The van der Waals surface area contributed by atoms with Crippen LogP contribution < -0.4 is 5.32 Å². The van der Waals surface area contributed by atoms with Crippen LogP contribution in [0.1, 0.15) is 25.5 Å². The zero-order valence-corrected chi connectivity index (χ0v) is 15.9. The van der Waals surface area contributed by atoms with Gasteiger partial charge in [-0.05, 0) is 56.1 Å². The molecule has 3 heterocycles. The minimum atomic E-state index is -0.103. The first-order chi connectivity index (χ1) is 13.1. The highest BCUT2D eigenvalue weighted by Gasteiger charge is 2.17. The zero-order valence-electron chi connectivity index (χ0n) is 15.9. The summed E-state index contributed by atoms with van der Waals surface area (Å²) in [5.41, 5.74) is 2.85. The SMILES string of the molecule is CC1CCN(Cc2cn(CC(=O)Nc3ccc4c(ccn4C)c3)nn2)CC1. The van der Waals surface area contributed by atoms with E-state index in [9.17, 15) is 4.79 Å². The van der Waals surface area contributed by atoms with Gasteiger partial charge in [0.1, 0.15) is 6.54 Å². The second kappa shape index (κ2) is 7.52. The molecule has 0 spiro atoms. The van der Waals surface area contributed by atoms with Gasteiger partial charge in [0.25, 0.3) is 0 Å². The lowest BCUT2D eigenvalue weighted by Crippen LogP contribution is -2.32. The van der Waals surface area contributed by atoms with Crippen molar-refractivity contribution in [1.29, 1.82) is 0 Å². The summed E-state index contributed by atoms with van der Waals surface area (Å²) < 4.78 is 3.67. The molecule has 4 rings (SSSR count). The molecule has 1 aliphatic rings. The molecule has 1 amide bonds. The number of nitrogens with one attached hydrogen (secondary N) is 1. The molecule has 27 heavy (non-hydrogen) atoms. The molecule has 142 valence electrons. The number of rotatable bonds is 5. The second-order valence-corrected chi connectivity index (χ2v) is 7.61. The van der Waals surface area contributed by atoms with Gasteiger partial charge in [-0.2, -0.15) is 0 Å². The van der Waals surface area contributed by atoms with E-state index in [1.165, 1.54) is 12.8 Å². The summed E-state index contributed by atoms with van der Waals surface area (Å²) in [6.07, 6.45) is 6.36. The van der Waals surface area contributed by atoms with E-state index in [0.29, 0.717) is 0 Å². The van der Waals surface area contributed by atoms with Crippen LogP contribution in [0, 0.1) is 5.92 Å². The molecule has 3 aromatic rings. The predicted octanol–water partition coefficient (Wildman–Crippen LogP) is 2.64. The Hall–Kier alpha value is -2.67. The number of aromatic nitrogens is 4. The summed E-state index contributed by atoms with van der Waals surface area (Å²) in [5.74, 6) is 0.712. The molecule has 1 aromatic carbocycles. The molecule has 7 heteroatoms. The van der Waals surface area contributed by atoms with Crippen molar-refractivity contribution in [3.8, 4) is 0 Å². The molecule has 0 radical (unpaired) electrons. The summed E-state index contributed by atoms with van der Waals surface area (Å²) in [5, 5.41) is 12.4. The summed E-state index contributed by atoms with van der Waals surface area (Å²) in [6.45, 7) is 5.49. The lowest BCUT2D eigenvalue weighted by atomic mass is 9.99. The van der Waals surface area contributed by atoms with Gasteiger partial charge >= 0.3 is 0 Å². The van der Waals surface area contributed by atoms with E-state index in [-0.39, 0.29) is 12.5 Å². The standard InChI is InChI=1S/C20H26N6O/c1-15-5-9-25(10-6-15)12-18-13-26(23-22-18)14-20(27)21-17-3-4-19-16(11-17)7-8-24(19)2/h3-4,7-8,11,13,15H,5-6,9-10,12,14H2,1-2H3,(H,21,27). The van der Waals surface area contributed by atoms with Crippen LogP contribution in [0.4, 0.5) is 5.69 Å². The second-order valence-electron chi connectivity index (χ2n) is 7.61. The number of anilines is 1. The smallest absolute Gasteiger partial charge is 0.246 e. The minimum Gasteiger partial charge on any atom is -0.351 e. The topological polar surface area (TPSA) is 68.0 Å². The van der Waals surface area contributed by atoms with Crippen molar-refractivity contribution in [2.24, 2.45) is 13.0 Å². The number of benzene rings is 1. The number of carbonyl (C=O) groups is 1. The normalized spacial score (nSPS) is 16.1. The molecule has 7 nitrogen and oxygen atoms in total. The van der Waals surface area contributed by atoms with Crippen LogP contribution in [0.5, 0.6) is 0 Å². The number of hydrogen-bond donors (Lipinski definition) is 1. The van der Waals surface area contributed by atoms with Gasteiger partial charge in [0.2, 0.25) is 5.91 Å². The summed E-state index contributed by atoms with van der Waals surface area (Å²) in [6, 6.07) is 7.95. The molecular weight excluding hydrogens is 340 g/mol. The molecule has 1 aliphatic heterocycles. The van der Waals surface area contributed by atoms with Crippen molar-refractivity contribution in [3.63, 3.8) is 0 Å². The average molecular weight is 366 g/mol. The van der Waals surface area contributed by atoms with Gasteiger partial charge in [0.05, 0.1) is 11.9 Å². The van der Waals surface area contributed by atoms with Crippen molar-refractivity contribution in [2.45, 2.75) is 32.9 Å². The lowest BCUT2D eigenvalue weighted by molar-refractivity contribution is -0.116. The molecule has 2 aromatic heterocycles. The van der Waals surface area contributed by atoms with Crippen LogP contribution in [0.2, 0.25) is 0 Å². The van der Waals surface area contributed by atoms with E-state index >= 15 is 0 Å². The first-order valence-corrected chi connectivity index (χ1v) is 9.53. The average Bonchev–Trinajstić information content (AvgIpc) is 3.23. The van der Waals surface area contributed by atoms with Crippen LogP contribution in [0.25, 0.3) is 10.9 Å². The molecule has 1 fully saturated rings. The fraction of sp³-hybridized carbons (Fsp3) is 0.450. The van der Waals surface area contributed by atoms with E-state index in [2.05, 4.69) is 32.0 Å². The molecular formula is C20H26N6O. The van der Waals surface area contributed by atoms with Crippen molar-refractivity contribution < 1.29 is 4.79 Å². The Kier molecular flexibility index (Phi) is 4.94. The third-order valence-corrected chi connectivity index (χ3v) is 5.32. The van der Waals surface area contributed by atoms with Crippen LogP contribution in [0.15, 0.2) is 36.7 Å². The minimum absolute atomic E-state index is 0.103. The predicted molar refractivity (Wildman–Crippen MR) is 105 cm³/mol. The molecule has 0 unspecified atom stereocenters. The number of hydrogen-bond acceptors (Lipinski definition) is 4. The number of piperidine rings is 1. The molecule has 0 aliphatic carbocycles. The Labute approximate surface area is 158 Å². The van der Waals surface area contributed by atoms with Crippen LogP contribution in [-0.4, -0.2) is 43.5 Å². The molecule has 1 saturated heterocycles.